The van der Waals surface area contributed by atoms with Crippen LogP contribution in [-0.2, 0) is 11.2 Å². The van der Waals surface area contributed by atoms with E-state index in [1.807, 2.05) is 0 Å². The number of ether oxygens (including phenoxy) is 1. The molecule has 1 saturated heterocycles. The van der Waals surface area contributed by atoms with Gasteiger partial charge in [-0.15, -0.1) is 11.3 Å². The molecular weight excluding hydrogens is 302 g/mol. The van der Waals surface area contributed by atoms with Crippen LogP contribution in [0.4, 0.5) is 0 Å². The van der Waals surface area contributed by atoms with Crippen molar-refractivity contribution in [1.82, 2.24) is 4.98 Å². The molecule has 1 fully saturated rings. The smallest absolute Gasteiger partial charge is 0.201 e. The van der Waals surface area contributed by atoms with Crippen LogP contribution >= 0.6 is 11.3 Å². The summed E-state index contributed by atoms with van der Waals surface area (Å²) in [6.07, 6.45) is -5.15. The van der Waals surface area contributed by atoms with E-state index in [1.54, 1.807) is 0 Å². The van der Waals surface area contributed by atoms with Gasteiger partial charge in [-0.3, -0.25) is 4.79 Å². The lowest BCUT2D eigenvalue weighted by atomic mass is 9.91. The number of carbonyl (C=O) groups excluding carboxylic acids is 1. The second kappa shape index (κ2) is 6.05. The standard InChI is InChI=1S/C12H17NO7S/c1-5(15)7-3-13-8(21-7)2-12(19)11(18)10(17)9(16)6(4-14)20-12/h3,6,9-11,14,16-19H,2,4H2,1H3/t6-,9-,10+,11+,12-/m1/s1. The van der Waals surface area contributed by atoms with Crippen molar-refractivity contribution in [2.75, 3.05) is 6.61 Å². The molecule has 0 radical (unpaired) electrons. The van der Waals surface area contributed by atoms with Gasteiger partial charge in [-0.05, 0) is 0 Å². The summed E-state index contributed by atoms with van der Waals surface area (Å²) >= 11 is 1.03. The van der Waals surface area contributed by atoms with Crippen molar-refractivity contribution in [3.05, 3.63) is 16.1 Å². The number of rotatable bonds is 4. The molecule has 2 heterocycles. The van der Waals surface area contributed by atoms with E-state index in [-0.39, 0.29) is 12.2 Å². The third-order valence-electron chi connectivity index (χ3n) is 3.36. The molecular formula is C12H17NO7S. The van der Waals surface area contributed by atoms with E-state index in [0.29, 0.717) is 9.88 Å². The van der Waals surface area contributed by atoms with Crippen LogP contribution < -0.4 is 0 Å². The van der Waals surface area contributed by atoms with E-state index in [1.165, 1.54) is 13.1 Å². The summed E-state index contributed by atoms with van der Waals surface area (Å²) in [5, 5.41) is 49.0. The van der Waals surface area contributed by atoms with Crippen LogP contribution in [0.1, 0.15) is 21.6 Å². The Morgan fingerprint density at radius 3 is 2.62 bits per heavy atom. The van der Waals surface area contributed by atoms with Crippen LogP contribution in [0, 0.1) is 0 Å². The van der Waals surface area contributed by atoms with E-state index in [0.717, 1.165) is 11.3 Å². The number of hydrogen-bond donors (Lipinski definition) is 5. The Kier molecular flexibility index (Phi) is 4.73. The molecule has 1 aromatic rings. The molecule has 5 N–H and O–H groups in total. The van der Waals surface area contributed by atoms with E-state index in [4.69, 9.17) is 9.84 Å². The van der Waals surface area contributed by atoms with E-state index in [2.05, 4.69) is 4.98 Å². The van der Waals surface area contributed by atoms with Gasteiger partial charge in [0.2, 0.25) is 5.79 Å². The molecule has 0 saturated carbocycles. The molecule has 0 unspecified atom stereocenters. The quantitative estimate of drug-likeness (QED) is 0.403. The van der Waals surface area contributed by atoms with Gasteiger partial charge in [0.05, 0.1) is 22.9 Å². The Balaban J connectivity index is 2.20. The Labute approximate surface area is 124 Å². The molecule has 0 aliphatic carbocycles. The van der Waals surface area contributed by atoms with Gasteiger partial charge < -0.3 is 30.3 Å². The minimum atomic E-state index is -2.21. The highest BCUT2D eigenvalue weighted by Crippen LogP contribution is 2.32. The average molecular weight is 319 g/mol. The van der Waals surface area contributed by atoms with E-state index >= 15 is 0 Å². The normalized spacial score (nSPS) is 36.7. The van der Waals surface area contributed by atoms with Gasteiger partial charge >= 0.3 is 0 Å². The Morgan fingerprint density at radius 1 is 1.43 bits per heavy atom. The molecule has 5 atom stereocenters. The first-order chi connectivity index (χ1) is 9.78. The van der Waals surface area contributed by atoms with E-state index in [9.17, 15) is 25.2 Å². The summed E-state index contributed by atoms with van der Waals surface area (Å²) in [6, 6.07) is 0. The average Bonchev–Trinajstić information content (AvgIpc) is 2.89. The molecule has 0 bridgehead atoms. The first-order valence-corrected chi connectivity index (χ1v) is 7.11. The van der Waals surface area contributed by atoms with Crippen molar-refractivity contribution in [3.8, 4) is 0 Å². The summed E-state index contributed by atoms with van der Waals surface area (Å²) in [7, 11) is 0. The summed E-state index contributed by atoms with van der Waals surface area (Å²) in [6.45, 7) is 0.740. The highest BCUT2D eigenvalue weighted by Gasteiger charge is 2.52. The number of hydrogen-bond acceptors (Lipinski definition) is 9. The Bertz CT molecular complexity index is 519. The van der Waals surface area contributed by atoms with Crippen molar-refractivity contribution in [3.63, 3.8) is 0 Å². The van der Waals surface area contributed by atoms with Crippen LogP contribution in [0.25, 0.3) is 0 Å². The predicted octanol–water partition coefficient (Wildman–Crippen LogP) is -1.95. The molecule has 1 aliphatic rings. The second-order valence-corrected chi connectivity index (χ2v) is 6.08. The number of ketones is 1. The zero-order valence-electron chi connectivity index (χ0n) is 11.2. The summed E-state index contributed by atoms with van der Waals surface area (Å²) in [5.74, 6) is -2.39. The maximum Gasteiger partial charge on any atom is 0.201 e. The molecule has 1 aromatic heterocycles. The SMILES string of the molecule is CC(=O)c1cnc(C[C@@]2(O)O[C@H](CO)[C@@H](O)[C@H](O)[C@@H]2O)s1. The lowest BCUT2D eigenvalue weighted by Gasteiger charge is -2.45. The van der Waals surface area contributed by atoms with Crippen molar-refractivity contribution >= 4 is 17.1 Å². The number of thiazole rings is 1. The van der Waals surface area contributed by atoms with Gasteiger partial charge in [-0.1, -0.05) is 0 Å². The fourth-order valence-corrected chi connectivity index (χ4v) is 3.03. The first-order valence-electron chi connectivity index (χ1n) is 6.29. The largest absolute Gasteiger partial charge is 0.394 e. The number of aliphatic hydroxyl groups excluding tert-OH is 4. The fourth-order valence-electron chi connectivity index (χ4n) is 2.14. The highest BCUT2D eigenvalue weighted by molar-refractivity contribution is 7.13. The van der Waals surface area contributed by atoms with Gasteiger partial charge in [0, 0.05) is 13.1 Å². The minimum absolute atomic E-state index is 0.181. The number of nitrogens with zero attached hydrogens (tertiary/aromatic N) is 1. The van der Waals surface area contributed by atoms with Crippen LogP contribution in [0.2, 0.25) is 0 Å². The Morgan fingerprint density at radius 2 is 2.10 bits per heavy atom. The molecule has 0 spiro atoms. The molecule has 0 amide bonds. The zero-order chi connectivity index (χ0) is 15.8. The number of carbonyl (C=O) groups is 1. The van der Waals surface area contributed by atoms with Gasteiger partial charge in [0.15, 0.2) is 5.78 Å². The predicted molar refractivity (Wildman–Crippen MR) is 70.8 cm³/mol. The molecule has 8 nitrogen and oxygen atoms in total. The summed E-state index contributed by atoms with van der Waals surface area (Å²) in [5.41, 5.74) is 0. The van der Waals surface area contributed by atoms with Crippen molar-refractivity contribution in [1.29, 1.82) is 0 Å². The molecule has 118 valence electrons. The lowest BCUT2D eigenvalue weighted by molar-refractivity contribution is -0.348. The van der Waals surface area contributed by atoms with Crippen molar-refractivity contribution in [2.24, 2.45) is 0 Å². The topological polar surface area (TPSA) is 140 Å². The maximum atomic E-state index is 11.2. The molecule has 0 aromatic carbocycles. The lowest BCUT2D eigenvalue weighted by Crippen LogP contribution is -2.65. The molecule has 2 rings (SSSR count). The van der Waals surface area contributed by atoms with Gasteiger partial charge in [0.25, 0.3) is 0 Å². The number of Topliss-reactive ketones (excluding diaryl/α,β-unsaturated/α-hetero) is 1. The third kappa shape index (κ3) is 3.14. The summed E-state index contributed by atoms with van der Waals surface area (Å²) < 4.78 is 5.12. The van der Waals surface area contributed by atoms with Crippen LogP contribution in [0.3, 0.4) is 0 Å². The summed E-state index contributed by atoms with van der Waals surface area (Å²) in [4.78, 5) is 15.5. The first kappa shape index (κ1) is 16.4. The number of aliphatic hydroxyl groups is 5. The van der Waals surface area contributed by atoms with Crippen molar-refractivity contribution in [2.45, 2.75) is 43.5 Å². The molecule has 9 heteroatoms. The van der Waals surface area contributed by atoms with Crippen LogP contribution in [0.15, 0.2) is 6.20 Å². The fraction of sp³-hybridized carbons (Fsp3) is 0.667. The molecule has 21 heavy (non-hydrogen) atoms. The van der Waals surface area contributed by atoms with Gasteiger partial charge in [-0.25, -0.2) is 4.98 Å². The number of aromatic nitrogens is 1. The zero-order valence-corrected chi connectivity index (χ0v) is 12.0. The second-order valence-electron chi connectivity index (χ2n) is 4.96. The molecule has 1 aliphatic heterocycles. The van der Waals surface area contributed by atoms with Gasteiger partial charge in [0.1, 0.15) is 24.4 Å². The maximum absolute atomic E-state index is 11.2. The monoisotopic (exact) mass is 319 g/mol. The van der Waals surface area contributed by atoms with Crippen LogP contribution in [0.5, 0.6) is 0 Å². The van der Waals surface area contributed by atoms with Gasteiger partial charge in [-0.2, -0.15) is 0 Å². The van der Waals surface area contributed by atoms with Crippen molar-refractivity contribution < 1.29 is 35.1 Å². The third-order valence-corrected chi connectivity index (χ3v) is 4.46. The van der Waals surface area contributed by atoms with Crippen LogP contribution in [-0.4, -0.2) is 73.1 Å². The minimum Gasteiger partial charge on any atom is -0.394 e. The highest BCUT2D eigenvalue weighted by atomic mass is 32.1. The Hall–Kier alpha value is -0.940. The van der Waals surface area contributed by atoms with E-state index < -0.39 is 36.8 Å².